The second-order valence-electron chi connectivity index (χ2n) is 8.46. The molecule has 0 spiro atoms. The molecule has 0 radical (unpaired) electrons. The number of nitrogens with zero attached hydrogens (tertiary/aromatic N) is 3. The molecule has 2 saturated heterocycles. The standard InChI is InChI=1S/C23H29N4O4P/c1-3-4-5-8-15(2)11-24-22(29)17-13-25-14-18-26-10-7-6-9-16(26)12-27(18)23(30)19(25)21(31-32)20(17)28/h3-5,8,13,16,18H,1,6-7,9-12,14,32H2,2H3,(H,24,29)/b5-4-,15-8+/t16-,18-/m0/s1. The third-order valence-electron chi connectivity index (χ3n) is 6.40. The second-order valence-corrected chi connectivity index (χ2v) is 8.70. The molecule has 2 amide bonds. The molecule has 4 rings (SSSR count). The number of amides is 2. The van der Waals surface area contributed by atoms with Gasteiger partial charge in [-0.15, -0.1) is 0 Å². The molecule has 9 heteroatoms. The zero-order valence-corrected chi connectivity index (χ0v) is 19.4. The highest BCUT2D eigenvalue weighted by atomic mass is 31.0. The molecular weight excluding hydrogens is 427 g/mol. The highest BCUT2D eigenvalue weighted by Crippen LogP contribution is 2.35. The summed E-state index contributed by atoms with van der Waals surface area (Å²) in [4.78, 5) is 43.4. The largest absolute Gasteiger partial charge is 0.474 e. The van der Waals surface area contributed by atoms with Gasteiger partial charge in [0.05, 0.1) is 16.0 Å². The van der Waals surface area contributed by atoms with Crippen molar-refractivity contribution in [3.8, 4) is 5.75 Å². The lowest BCUT2D eigenvalue weighted by Gasteiger charge is -2.38. The number of carbonyl (C=O) groups excluding carboxylic acids is 2. The van der Waals surface area contributed by atoms with Gasteiger partial charge in [-0.2, -0.15) is 0 Å². The molecule has 3 aliphatic heterocycles. The van der Waals surface area contributed by atoms with Gasteiger partial charge in [0.1, 0.15) is 11.7 Å². The van der Waals surface area contributed by atoms with Crippen LogP contribution in [0.5, 0.6) is 5.75 Å². The van der Waals surface area contributed by atoms with E-state index >= 15 is 0 Å². The highest BCUT2D eigenvalue weighted by Gasteiger charge is 2.47. The Kier molecular flexibility index (Phi) is 6.63. The van der Waals surface area contributed by atoms with Crippen molar-refractivity contribution in [3.05, 3.63) is 64.1 Å². The van der Waals surface area contributed by atoms with Gasteiger partial charge in [-0.3, -0.25) is 19.3 Å². The first-order chi connectivity index (χ1) is 15.5. The minimum Gasteiger partial charge on any atom is -0.474 e. The Balaban J connectivity index is 1.62. The predicted octanol–water partition coefficient (Wildman–Crippen LogP) is 2.09. The van der Waals surface area contributed by atoms with E-state index in [9.17, 15) is 14.4 Å². The van der Waals surface area contributed by atoms with E-state index in [1.807, 2.05) is 33.4 Å². The summed E-state index contributed by atoms with van der Waals surface area (Å²) in [6.07, 6.45) is 12.0. The Hall–Kier alpha value is -2.70. The third-order valence-corrected chi connectivity index (χ3v) is 6.64. The van der Waals surface area contributed by atoms with Crippen LogP contribution in [0.25, 0.3) is 0 Å². The Labute approximate surface area is 189 Å². The first-order valence-corrected chi connectivity index (χ1v) is 11.4. The number of nitrogens with one attached hydrogen (secondary N) is 1. The van der Waals surface area contributed by atoms with Crippen LogP contribution in [-0.2, 0) is 6.54 Å². The Morgan fingerprint density at radius 1 is 1.31 bits per heavy atom. The van der Waals surface area contributed by atoms with Gasteiger partial charge in [0.15, 0.2) is 11.4 Å². The van der Waals surface area contributed by atoms with Gasteiger partial charge >= 0.3 is 0 Å². The molecule has 1 N–H and O–H groups in total. The van der Waals surface area contributed by atoms with Gasteiger partial charge in [-0.05, 0) is 19.8 Å². The van der Waals surface area contributed by atoms with Crippen LogP contribution in [0.15, 0.2) is 47.4 Å². The van der Waals surface area contributed by atoms with E-state index < -0.39 is 11.3 Å². The summed E-state index contributed by atoms with van der Waals surface area (Å²) in [6.45, 7) is 7.92. The van der Waals surface area contributed by atoms with Crippen LogP contribution in [0.1, 0.15) is 47.0 Å². The molecule has 0 aliphatic carbocycles. The normalized spacial score (nSPS) is 23.0. The first-order valence-electron chi connectivity index (χ1n) is 10.9. The zero-order chi connectivity index (χ0) is 22.8. The Morgan fingerprint density at radius 3 is 2.88 bits per heavy atom. The monoisotopic (exact) mass is 456 g/mol. The van der Waals surface area contributed by atoms with E-state index in [4.69, 9.17) is 4.52 Å². The van der Waals surface area contributed by atoms with Gasteiger partial charge in [0.25, 0.3) is 11.8 Å². The quantitative estimate of drug-likeness (QED) is 0.524. The molecule has 0 saturated carbocycles. The summed E-state index contributed by atoms with van der Waals surface area (Å²) in [5.74, 6) is -0.812. The third kappa shape index (κ3) is 4.05. The van der Waals surface area contributed by atoms with Gasteiger partial charge in [-0.25, -0.2) is 0 Å². The Bertz CT molecular complexity index is 1060. The highest BCUT2D eigenvalue weighted by molar-refractivity contribution is 7.10. The summed E-state index contributed by atoms with van der Waals surface area (Å²) >= 11 is 0. The molecule has 1 unspecified atom stereocenters. The molecule has 3 aliphatic rings. The van der Waals surface area contributed by atoms with E-state index in [0.717, 1.165) is 25.0 Å². The summed E-state index contributed by atoms with van der Waals surface area (Å²) in [6, 6.07) is 0.354. The zero-order valence-electron chi connectivity index (χ0n) is 18.3. The summed E-state index contributed by atoms with van der Waals surface area (Å²) in [7, 11) is 2.04. The minimum absolute atomic E-state index is 0.0323. The van der Waals surface area contributed by atoms with Gasteiger partial charge in [-0.1, -0.05) is 42.9 Å². The minimum atomic E-state index is -0.583. The van der Waals surface area contributed by atoms with Gasteiger partial charge in [0, 0.05) is 31.9 Å². The molecule has 4 heterocycles. The maximum absolute atomic E-state index is 13.3. The van der Waals surface area contributed by atoms with Crippen LogP contribution in [0, 0.1) is 0 Å². The number of hydrogen-bond acceptors (Lipinski definition) is 5. The average Bonchev–Trinajstić information content (AvgIpc) is 3.17. The van der Waals surface area contributed by atoms with Gasteiger partial charge in [0.2, 0.25) is 5.43 Å². The smallest absolute Gasteiger partial charge is 0.275 e. The van der Waals surface area contributed by atoms with Crippen LogP contribution in [0.3, 0.4) is 0 Å². The number of pyridine rings is 1. The first kappa shape index (κ1) is 22.5. The number of fused-ring (bicyclic) bond motifs is 4. The molecule has 0 aromatic carbocycles. The molecule has 0 bridgehead atoms. The van der Waals surface area contributed by atoms with Crippen molar-refractivity contribution in [2.75, 3.05) is 19.6 Å². The van der Waals surface area contributed by atoms with Crippen molar-refractivity contribution in [2.24, 2.45) is 0 Å². The molecule has 1 aromatic heterocycles. The summed E-state index contributed by atoms with van der Waals surface area (Å²) in [5, 5.41) is 2.78. The van der Waals surface area contributed by atoms with Crippen LogP contribution in [0.2, 0.25) is 0 Å². The lowest BCUT2D eigenvalue weighted by atomic mass is 10.0. The van der Waals surface area contributed by atoms with Crippen molar-refractivity contribution in [2.45, 2.75) is 44.9 Å². The number of carbonyl (C=O) groups is 2. The van der Waals surface area contributed by atoms with E-state index in [-0.39, 0.29) is 29.1 Å². The molecule has 2 fully saturated rings. The summed E-state index contributed by atoms with van der Waals surface area (Å²) in [5.41, 5.74) is 0.518. The fraction of sp³-hybridized carbons (Fsp3) is 0.435. The van der Waals surface area contributed by atoms with Crippen LogP contribution >= 0.6 is 9.47 Å². The number of piperidine rings is 1. The predicted molar refractivity (Wildman–Crippen MR) is 126 cm³/mol. The second kappa shape index (κ2) is 9.43. The lowest BCUT2D eigenvalue weighted by molar-refractivity contribution is 0.0454. The molecule has 8 nitrogen and oxygen atoms in total. The molecule has 3 atom stereocenters. The lowest BCUT2D eigenvalue weighted by Crippen LogP contribution is -2.51. The number of hydrogen-bond donors (Lipinski definition) is 1. The molecular formula is C23H29N4O4P. The van der Waals surface area contributed by atoms with Gasteiger partial charge < -0.3 is 19.3 Å². The average molecular weight is 456 g/mol. The molecule has 1 aromatic rings. The van der Waals surface area contributed by atoms with Crippen LogP contribution in [0.4, 0.5) is 0 Å². The maximum atomic E-state index is 13.3. The van der Waals surface area contributed by atoms with Crippen molar-refractivity contribution < 1.29 is 14.1 Å². The SMILES string of the molecule is C=C/C=C\C=C(/C)CNC(=O)c1cn2c(c(OP)c1=O)C(=O)N1C[C@@H]3CCCCN3[C@@H]1C2. The fourth-order valence-electron chi connectivity index (χ4n) is 4.82. The van der Waals surface area contributed by atoms with Crippen molar-refractivity contribution >= 4 is 21.3 Å². The van der Waals surface area contributed by atoms with E-state index in [2.05, 4.69) is 16.8 Å². The Morgan fingerprint density at radius 2 is 2.12 bits per heavy atom. The number of aromatic nitrogens is 1. The number of rotatable bonds is 6. The van der Waals surface area contributed by atoms with Crippen LogP contribution in [-0.4, -0.2) is 58.0 Å². The van der Waals surface area contributed by atoms with Crippen LogP contribution < -0.4 is 15.3 Å². The van der Waals surface area contributed by atoms with Crippen molar-refractivity contribution in [1.29, 1.82) is 0 Å². The topological polar surface area (TPSA) is 83.9 Å². The fourth-order valence-corrected chi connectivity index (χ4v) is 5.04. The van der Waals surface area contributed by atoms with E-state index in [1.54, 1.807) is 16.7 Å². The number of allylic oxidation sites excluding steroid dienone is 4. The van der Waals surface area contributed by atoms with Crippen molar-refractivity contribution in [1.82, 2.24) is 19.7 Å². The summed E-state index contributed by atoms with van der Waals surface area (Å²) < 4.78 is 6.99. The maximum Gasteiger partial charge on any atom is 0.275 e. The van der Waals surface area contributed by atoms with E-state index in [1.165, 1.54) is 12.6 Å². The molecule has 170 valence electrons. The van der Waals surface area contributed by atoms with E-state index in [0.29, 0.717) is 25.7 Å². The molecule has 32 heavy (non-hydrogen) atoms. The van der Waals surface area contributed by atoms with Crippen molar-refractivity contribution in [3.63, 3.8) is 0 Å².